The zero-order valence-electron chi connectivity index (χ0n) is 16.0. The molecule has 148 valence electrons. The van der Waals surface area contributed by atoms with Crippen LogP contribution in [0.2, 0.25) is 0 Å². The molecule has 2 aromatic carbocycles. The number of aromatic nitrogens is 2. The number of hydrogen-bond acceptors (Lipinski definition) is 4. The molecule has 0 spiro atoms. The zero-order chi connectivity index (χ0) is 20.1. The fourth-order valence-electron chi connectivity index (χ4n) is 3.66. The second kappa shape index (κ2) is 8.82. The van der Waals surface area contributed by atoms with Crippen molar-refractivity contribution < 1.29 is 13.9 Å². The van der Waals surface area contributed by atoms with Crippen LogP contribution in [0.15, 0.2) is 67.0 Å². The van der Waals surface area contributed by atoms with Gasteiger partial charge in [0.05, 0.1) is 11.4 Å². The maximum Gasteiger partial charge on any atom is 0.260 e. The molecule has 5 nitrogen and oxygen atoms in total. The normalized spacial score (nSPS) is 16.4. The van der Waals surface area contributed by atoms with Gasteiger partial charge in [0.2, 0.25) is 0 Å². The number of rotatable bonds is 5. The van der Waals surface area contributed by atoms with Crippen LogP contribution in [-0.4, -0.2) is 40.5 Å². The van der Waals surface area contributed by atoms with E-state index < -0.39 is 0 Å². The van der Waals surface area contributed by atoms with Gasteiger partial charge in [0.1, 0.15) is 11.6 Å². The lowest BCUT2D eigenvalue weighted by molar-refractivity contribution is -0.134. The summed E-state index contributed by atoms with van der Waals surface area (Å²) in [6.45, 7) is 1.30. The standard InChI is InChI=1S/C23H22FN3O2/c24-19-10-8-17(9-11-19)22-23(26-13-12-25-22)18-5-4-14-27(15-18)21(28)16-29-20-6-2-1-3-7-20/h1-3,6-13,18H,4-5,14-16H2. The molecule has 29 heavy (non-hydrogen) atoms. The van der Waals surface area contributed by atoms with Crippen LogP contribution >= 0.6 is 0 Å². The van der Waals surface area contributed by atoms with E-state index in [1.54, 1.807) is 24.5 Å². The monoisotopic (exact) mass is 391 g/mol. The Morgan fingerprint density at radius 1 is 1.07 bits per heavy atom. The van der Waals surface area contributed by atoms with Crippen molar-refractivity contribution in [1.29, 1.82) is 0 Å². The van der Waals surface area contributed by atoms with E-state index in [-0.39, 0.29) is 24.2 Å². The first-order chi connectivity index (χ1) is 14.2. The Kier molecular flexibility index (Phi) is 5.79. The summed E-state index contributed by atoms with van der Waals surface area (Å²) in [5.74, 6) is 0.443. The van der Waals surface area contributed by atoms with E-state index >= 15 is 0 Å². The minimum atomic E-state index is -0.285. The van der Waals surface area contributed by atoms with Gasteiger partial charge in [-0.2, -0.15) is 0 Å². The minimum absolute atomic E-state index is 0.0159. The topological polar surface area (TPSA) is 55.3 Å². The van der Waals surface area contributed by atoms with E-state index in [2.05, 4.69) is 9.97 Å². The summed E-state index contributed by atoms with van der Waals surface area (Å²) >= 11 is 0. The van der Waals surface area contributed by atoms with E-state index in [0.29, 0.717) is 18.8 Å². The predicted octanol–water partition coefficient (Wildman–Crippen LogP) is 4.07. The molecule has 0 radical (unpaired) electrons. The Balaban J connectivity index is 1.47. The van der Waals surface area contributed by atoms with Crippen LogP contribution in [0.3, 0.4) is 0 Å². The molecule has 1 aromatic heterocycles. The van der Waals surface area contributed by atoms with Crippen molar-refractivity contribution >= 4 is 5.91 Å². The number of carbonyl (C=O) groups is 1. The summed E-state index contributed by atoms with van der Waals surface area (Å²) in [5, 5.41) is 0. The van der Waals surface area contributed by atoms with Crippen LogP contribution < -0.4 is 4.74 Å². The zero-order valence-corrected chi connectivity index (χ0v) is 16.0. The van der Waals surface area contributed by atoms with E-state index in [1.807, 2.05) is 35.2 Å². The smallest absolute Gasteiger partial charge is 0.260 e. The highest BCUT2D eigenvalue weighted by Gasteiger charge is 2.28. The quantitative estimate of drug-likeness (QED) is 0.658. The number of ether oxygens (including phenoxy) is 1. The van der Waals surface area contributed by atoms with Gasteiger partial charge in [-0.1, -0.05) is 18.2 Å². The van der Waals surface area contributed by atoms with E-state index in [4.69, 9.17) is 4.74 Å². The van der Waals surface area contributed by atoms with Crippen molar-refractivity contribution in [2.45, 2.75) is 18.8 Å². The highest BCUT2D eigenvalue weighted by Crippen LogP contribution is 2.31. The molecule has 1 amide bonds. The lowest BCUT2D eigenvalue weighted by atomic mass is 9.91. The Hall–Kier alpha value is -3.28. The third-order valence-electron chi connectivity index (χ3n) is 5.11. The van der Waals surface area contributed by atoms with Gasteiger partial charge >= 0.3 is 0 Å². The summed E-state index contributed by atoms with van der Waals surface area (Å²) in [4.78, 5) is 23.5. The van der Waals surface area contributed by atoms with E-state index in [0.717, 1.165) is 29.8 Å². The first-order valence-corrected chi connectivity index (χ1v) is 9.73. The SMILES string of the molecule is O=C(COc1ccccc1)N1CCCC(c2nccnc2-c2ccc(F)cc2)C1. The third-order valence-corrected chi connectivity index (χ3v) is 5.11. The number of carbonyl (C=O) groups excluding carboxylic acids is 1. The fourth-order valence-corrected chi connectivity index (χ4v) is 3.66. The molecule has 0 saturated carbocycles. The lowest BCUT2D eigenvalue weighted by Gasteiger charge is -2.33. The number of para-hydroxylation sites is 1. The number of amides is 1. The molecular formula is C23H22FN3O2. The third kappa shape index (κ3) is 4.59. The minimum Gasteiger partial charge on any atom is -0.484 e. The Morgan fingerprint density at radius 2 is 1.83 bits per heavy atom. The van der Waals surface area contributed by atoms with Crippen LogP contribution in [0, 0.1) is 5.82 Å². The molecule has 0 aliphatic carbocycles. The van der Waals surface area contributed by atoms with Crippen LogP contribution in [0.1, 0.15) is 24.5 Å². The number of benzene rings is 2. The van der Waals surface area contributed by atoms with Crippen molar-refractivity contribution in [1.82, 2.24) is 14.9 Å². The number of nitrogens with zero attached hydrogens (tertiary/aromatic N) is 3. The molecule has 1 unspecified atom stereocenters. The number of hydrogen-bond donors (Lipinski definition) is 0. The molecule has 1 aliphatic rings. The number of piperidine rings is 1. The highest BCUT2D eigenvalue weighted by atomic mass is 19.1. The summed E-state index contributed by atoms with van der Waals surface area (Å²) < 4.78 is 18.9. The Morgan fingerprint density at radius 3 is 2.62 bits per heavy atom. The second-order valence-electron chi connectivity index (χ2n) is 7.08. The van der Waals surface area contributed by atoms with E-state index in [9.17, 15) is 9.18 Å². The van der Waals surface area contributed by atoms with Gasteiger partial charge in [-0.25, -0.2) is 4.39 Å². The van der Waals surface area contributed by atoms with Crippen molar-refractivity contribution in [3.63, 3.8) is 0 Å². The molecule has 4 rings (SSSR count). The van der Waals surface area contributed by atoms with Crippen molar-refractivity contribution in [3.8, 4) is 17.0 Å². The fraction of sp³-hybridized carbons (Fsp3) is 0.261. The molecule has 1 fully saturated rings. The van der Waals surface area contributed by atoms with Crippen LogP contribution in [0.25, 0.3) is 11.3 Å². The molecular weight excluding hydrogens is 369 g/mol. The summed E-state index contributed by atoms with van der Waals surface area (Å²) in [5.41, 5.74) is 2.42. The van der Waals surface area contributed by atoms with Crippen LogP contribution in [0.5, 0.6) is 5.75 Å². The first kappa shape index (κ1) is 19.1. The highest BCUT2D eigenvalue weighted by molar-refractivity contribution is 5.78. The van der Waals surface area contributed by atoms with Crippen molar-refractivity contribution in [3.05, 3.63) is 78.5 Å². The van der Waals surface area contributed by atoms with Gasteiger partial charge in [-0.15, -0.1) is 0 Å². The van der Waals surface area contributed by atoms with Gasteiger partial charge in [0.15, 0.2) is 6.61 Å². The maximum absolute atomic E-state index is 13.3. The molecule has 0 bridgehead atoms. The molecule has 1 atom stereocenters. The van der Waals surface area contributed by atoms with Gasteiger partial charge < -0.3 is 9.64 Å². The Bertz CT molecular complexity index is 963. The maximum atomic E-state index is 13.3. The van der Waals surface area contributed by atoms with E-state index in [1.165, 1.54) is 12.1 Å². The van der Waals surface area contributed by atoms with Gasteiger partial charge in [-0.05, 0) is 49.2 Å². The Labute approximate surface area is 169 Å². The van der Waals surface area contributed by atoms with Crippen LogP contribution in [0.4, 0.5) is 4.39 Å². The average molecular weight is 391 g/mol. The largest absolute Gasteiger partial charge is 0.484 e. The molecule has 1 saturated heterocycles. The second-order valence-corrected chi connectivity index (χ2v) is 7.08. The van der Waals surface area contributed by atoms with Gasteiger partial charge in [0.25, 0.3) is 5.91 Å². The predicted molar refractivity (Wildman–Crippen MR) is 108 cm³/mol. The molecule has 6 heteroatoms. The number of halogens is 1. The first-order valence-electron chi connectivity index (χ1n) is 9.73. The molecule has 1 aliphatic heterocycles. The lowest BCUT2D eigenvalue weighted by Crippen LogP contribution is -2.41. The van der Waals surface area contributed by atoms with Crippen molar-refractivity contribution in [2.24, 2.45) is 0 Å². The summed E-state index contributed by atoms with van der Waals surface area (Å²) in [7, 11) is 0. The number of likely N-dealkylation sites (tertiary alicyclic amines) is 1. The van der Waals surface area contributed by atoms with Gasteiger partial charge in [0, 0.05) is 37.0 Å². The molecule has 3 aromatic rings. The molecule has 0 N–H and O–H groups in total. The summed E-state index contributed by atoms with van der Waals surface area (Å²) in [6, 6.07) is 15.6. The average Bonchev–Trinajstić information content (AvgIpc) is 2.79. The molecule has 2 heterocycles. The summed E-state index contributed by atoms with van der Waals surface area (Å²) in [6.07, 6.45) is 5.13. The van der Waals surface area contributed by atoms with Crippen molar-refractivity contribution in [2.75, 3.05) is 19.7 Å². The van der Waals surface area contributed by atoms with Gasteiger partial charge in [-0.3, -0.25) is 14.8 Å². The van der Waals surface area contributed by atoms with Crippen LogP contribution in [-0.2, 0) is 4.79 Å².